The maximum atomic E-state index is 12.3. The average molecular weight is 308 g/mol. The molecule has 1 heterocycles. The highest BCUT2D eigenvalue weighted by Crippen LogP contribution is 2.30. The number of benzene rings is 1. The van der Waals surface area contributed by atoms with E-state index in [0.29, 0.717) is 12.1 Å². The highest BCUT2D eigenvalue weighted by atomic mass is 32.2. The van der Waals surface area contributed by atoms with Crippen molar-refractivity contribution in [3.8, 4) is 0 Å². The van der Waals surface area contributed by atoms with Crippen LogP contribution in [0.2, 0.25) is 0 Å². The van der Waals surface area contributed by atoms with E-state index in [-0.39, 0.29) is 16.2 Å². The summed E-state index contributed by atoms with van der Waals surface area (Å²) >= 11 is 1.93. The third kappa shape index (κ3) is 4.54. The summed E-state index contributed by atoms with van der Waals surface area (Å²) in [6.07, 6.45) is 1.04. The summed E-state index contributed by atoms with van der Waals surface area (Å²) in [4.78, 5) is 24.7. The van der Waals surface area contributed by atoms with Crippen molar-refractivity contribution in [3.05, 3.63) is 39.9 Å². The number of hydrogen-bond acceptors (Lipinski definition) is 5. The lowest BCUT2D eigenvalue weighted by Crippen LogP contribution is -2.32. The Bertz CT molecular complexity index is 545. The molecule has 0 atom stereocenters. The molecule has 1 saturated heterocycles. The molecule has 2 rings (SSSR count). The van der Waals surface area contributed by atoms with Crippen molar-refractivity contribution < 1.29 is 9.72 Å². The Kier molecular flexibility index (Phi) is 5.00. The van der Waals surface area contributed by atoms with Crippen molar-refractivity contribution in [2.24, 2.45) is 0 Å². The van der Waals surface area contributed by atoms with E-state index < -0.39 is 4.92 Å². The first-order valence-corrected chi connectivity index (χ1v) is 8.00. The smallest absolute Gasteiger partial charge is 0.270 e. The zero-order valence-corrected chi connectivity index (χ0v) is 13.2. The van der Waals surface area contributed by atoms with E-state index in [9.17, 15) is 14.9 Å². The van der Waals surface area contributed by atoms with Gasteiger partial charge in [0.05, 0.1) is 11.5 Å². The van der Waals surface area contributed by atoms with E-state index in [1.165, 1.54) is 12.1 Å². The minimum Gasteiger partial charge on any atom is -0.295 e. The third-order valence-corrected chi connectivity index (χ3v) is 5.05. The first-order valence-electron chi connectivity index (χ1n) is 7.01. The van der Waals surface area contributed by atoms with Crippen LogP contribution in [0, 0.1) is 10.1 Å². The monoisotopic (exact) mass is 308 g/mol. The van der Waals surface area contributed by atoms with Crippen molar-refractivity contribution in [2.75, 3.05) is 25.4 Å². The summed E-state index contributed by atoms with van der Waals surface area (Å²) in [5.74, 6) is 0.957. The fraction of sp³-hybridized carbons (Fsp3) is 0.533. The molecule has 0 aliphatic carbocycles. The number of nitro groups is 1. The topological polar surface area (TPSA) is 63.5 Å². The number of carbonyl (C=O) groups excluding carboxylic acids is 1. The van der Waals surface area contributed by atoms with Gasteiger partial charge in [0.15, 0.2) is 5.78 Å². The van der Waals surface area contributed by atoms with Crippen LogP contribution >= 0.6 is 11.8 Å². The molecule has 0 saturated carbocycles. The second kappa shape index (κ2) is 6.58. The molecule has 0 radical (unpaired) electrons. The van der Waals surface area contributed by atoms with Crippen LogP contribution < -0.4 is 0 Å². The zero-order chi connectivity index (χ0) is 15.5. The van der Waals surface area contributed by atoms with E-state index in [1.807, 2.05) is 11.8 Å². The molecule has 0 amide bonds. The van der Waals surface area contributed by atoms with E-state index in [2.05, 4.69) is 18.7 Å². The zero-order valence-electron chi connectivity index (χ0n) is 12.4. The standard InChI is InChI=1S/C15H20N2O3S/c1-15(2)6-7-16(8-9-21-15)11-14(18)12-4-3-5-13(10-12)17(19)20/h3-5,10H,6-9,11H2,1-2H3. The van der Waals surface area contributed by atoms with Gasteiger partial charge in [-0.15, -0.1) is 0 Å². The van der Waals surface area contributed by atoms with Gasteiger partial charge in [-0.25, -0.2) is 0 Å². The van der Waals surface area contributed by atoms with Crippen LogP contribution in [-0.2, 0) is 0 Å². The molecule has 1 aliphatic heterocycles. The minimum atomic E-state index is -0.470. The quantitative estimate of drug-likeness (QED) is 0.486. The van der Waals surface area contributed by atoms with Crippen LogP contribution in [0.1, 0.15) is 30.6 Å². The predicted octanol–water partition coefficient (Wildman–Crippen LogP) is 3.00. The molecule has 5 nitrogen and oxygen atoms in total. The Morgan fingerprint density at radius 1 is 1.43 bits per heavy atom. The average Bonchev–Trinajstić information content (AvgIpc) is 2.60. The minimum absolute atomic E-state index is 0.0339. The fourth-order valence-electron chi connectivity index (χ4n) is 2.31. The first-order chi connectivity index (χ1) is 9.87. The van der Waals surface area contributed by atoms with Crippen LogP contribution in [0.5, 0.6) is 0 Å². The lowest BCUT2D eigenvalue weighted by atomic mass is 10.1. The molecule has 1 aromatic carbocycles. The first kappa shape index (κ1) is 16.0. The number of carbonyl (C=O) groups is 1. The maximum Gasteiger partial charge on any atom is 0.270 e. The normalized spacial score (nSPS) is 19.0. The van der Waals surface area contributed by atoms with Crippen LogP contribution in [0.4, 0.5) is 5.69 Å². The lowest BCUT2D eigenvalue weighted by molar-refractivity contribution is -0.384. The number of nitrogens with zero attached hydrogens (tertiary/aromatic N) is 2. The number of rotatable bonds is 4. The SMILES string of the molecule is CC1(C)CCN(CC(=O)c2cccc([N+](=O)[O-])c2)CCS1. The summed E-state index contributed by atoms with van der Waals surface area (Å²) in [6.45, 7) is 6.56. The fourth-order valence-corrected chi connectivity index (χ4v) is 3.45. The number of non-ortho nitro benzene ring substituents is 1. The molecule has 0 unspecified atom stereocenters. The van der Waals surface area contributed by atoms with Crippen LogP contribution in [0.25, 0.3) is 0 Å². The van der Waals surface area contributed by atoms with Gasteiger partial charge in [0.25, 0.3) is 5.69 Å². The summed E-state index contributed by atoms with van der Waals surface area (Å²) in [5, 5.41) is 10.8. The number of Topliss-reactive ketones (excluding diaryl/α,β-unsaturated/α-hetero) is 1. The molecule has 21 heavy (non-hydrogen) atoms. The summed E-state index contributed by atoms with van der Waals surface area (Å²) in [7, 11) is 0. The number of thioether (sulfide) groups is 1. The van der Waals surface area contributed by atoms with Crippen molar-refractivity contribution >= 4 is 23.2 Å². The molecule has 1 fully saturated rings. The number of ketones is 1. The van der Waals surface area contributed by atoms with E-state index in [4.69, 9.17) is 0 Å². The maximum absolute atomic E-state index is 12.3. The second-order valence-corrected chi connectivity index (χ2v) is 7.67. The molecule has 0 aromatic heterocycles. The third-order valence-electron chi connectivity index (χ3n) is 3.68. The highest BCUT2D eigenvalue weighted by Gasteiger charge is 2.25. The summed E-state index contributed by atoms with van der Waals surface area (Å²) in [6, 6.07) is 5.97. The molecule has 0 bridgehead atoms. The Morgan fingerprint density at radius 3 is 2.90 bits per heavy atom. The van der Waals surface area contributed by atoms with E-state index in [1.54, 1.807) is 12.1 Å². The molecule has 0 N–H and O–H groups in total. The van der Waals surface area contributed by atoms with Crippen LogP contribution in [-0.4, -0.2) is 45.7 Å². The lowest BCUT2D eigenvalue weighted by Gasteiger charge is -2.22. The molecule has 0 spiro atoms. The van der Waals surface area contributed by atoms with Gasteiger partial charge in [-0.2, -0.15) is 11.8 Å². The van der Waals surface area contributed by atoms with Crippen LogP contribution in [0.15, 0.2) is 24.3 Å². The molecular weight excluding hydrogens is 288 g/mol. The van der Waals surface area contributed by atoms with E-state index >= 15 is 0 Å². The Hall–Kier alpha value is -1.40. The van der Waals surface area contributed by atoms with Crippen molar-refractivity contribution in [2.45, 2.75) is 25.0 Å². The number of hydrogen-bond donors (Lipinski definition) is 0. The summed E-state index contributed by atoms with van der Waals surface area (Å²) < 4.78 is 0.253. The highest BCUT2D eigenvalue weighted by molar-refractivity contribution is 8.00. The van der Waals surface area contributed by atoms with E-state index in [0.717, 1.165) is 25.3 Å². The molecular formula is C15H20N2O3S. The van der Waals surface area contributed by atoms with Gasteiger partial charge in [-0.1, -0.05) is 26.0 Å². The largest absolute Gasteiger partial charge is 0.295 e. The van der Waals surface area contributed by atoms with Gasteiger partial charge in [-0.3, -0.25) is 19.8 Å². The second-order valence-electron chi connectivity index (χ2n) is 5.86. The molecule has 1 aromatic rings. The van der Waals surface area contributed by atoms with Gasteiger partial charge in [0.2, 0.25) is 0 Å². The van der Waals surface area contributed by atoms with Crippen molar-refractivity contribution in [3.63, 3.8) is 0 Å². The van der Waals surface area contributed by atoms with Gasteiger partial charge >= 0.3 is 0 Å². The van der Waals surface area contributed by atoms with Gasteiger partial charge in [-0.05, 0) is 13.0 Å². The van der Waals surface area contributed by atoms with Gasteiger partial charge < -0.3 is 0 Å². The molecule has 6 heteroatoms. The Labute approximate surface area is 128 Å². The molecule has 1 aliphatic rings. The van der Waals surface area contributed by atoms with Crippen LogP contribution in [0.3, 0.4) is 0 Å². The summed E-state index contributed by atoms with van der Waals surface area (Å²) in [5.41, 5.74) is 0.383. The predicted molar refractivity (Wildman–Crippen MR) is 85.0 cm³/mol. The van der Waals surface area contributed by atoms with Crippen molar-refractivity contribution in [1.29, 1.82) is 0 Å². The molecule has 114 valence electrons. The van der Waals surface area contributed by atoms with Gasteiger partial charge in [0.1, 0.15) is 0 Å². The van der Waals surface area contributed by atoms with Gasteiger partial charge in [0, 0.05) is 34.7 Å². The number of nitro benzene ring substituents is 1. The van der Waals surface area contributed by atoms with Crippen molar-refractivity contribution in [1.82, 2.24) is 4.90 Å². The Balaban J connectivity index is 2.01. The Morgan fingerprint density at radius 2 is 2.19 bits per heavy atom.